The number of rotatable bonds is 4. The molecule has 0 aliphatic rings. The lowest BCUT2D eigenvalue weighted by molar-refractivity contribution is 0.162. The SMILES string of the molecule is C#CC(C)(C)Oc1ncnc(NC)c1CC. The highest BCUT2D eigenvalue weighted by Gasteiger charge is 2.20. The second kappa shape index (κ2) is 4.84. The summed E-state index contributed by atoms with van der Waals surface area (Å²) in [6.07, 6.45) is 7.63. The fourth-order valence-electron chi connectivity index (χ4n) is 1.29. The second-order valence-corrected chi connectivity index (χ2v) is 3.87. The number of hydrogen-bond donors (Lipinski definition) is 1. The predicted molar refractivity (Wildman–Crippen MR) is 64.5 cm³/mol. The van der Waals surface area contributed by atoms with E-state index in [1.165, 1.54) is 6.33 Å². The Morgan fingerprint density at radius 1 is 1.50 bits per heavy atom. The van der Waals surface area contributed by atoms with E-state index in [9.17, 15) is 0 Å². The lowest BCUT2D eigenvalue weighted by Gasteiger charge is -2.21. The van der Waals surface area contributed by atoms with Crippen molar-refractivity contribution >= 4 is 5.82 Å². The average Bonchev–Trinajstić information content (AvgIpc) is 2.28. The average molecular weight is 219 g/mol. The van der Waals surface area contributed by atoms with Crippen LogP contribution < -0.4 is 10.1 Å². The zero-order chi connectivity index (χ0) is 12.2. The van der Waals surface area contributed by atoms with Gasteiger partial charge in [-0.2, -0.15) is 0 Å². The Balaban J connectivity index is 3.10. The Bertz CT molecular complexity index is 407. The van der Waals surface area contributed by atoms with Gasteiger partial charge in [0.25, 0.3) is 0 Å². The van der Waals surface area contributed by atoms with Crippen LogP contribution >= 0.6 is 0 Å². The van der Waals surface area contributed by atoms with Crippen LogP contribution in [0.25, 0.3) is 0 Å². The number of nitrogens with one attached hydrogen (secondary N) is 1. The maximum atomic E-state index is 5.69. The highest BCUT2D eigenvalue weighted by molar-refractivity contribution is 5.48. The minimum absolute atomic E-state index is 0.546. The van der Waals surface area contributed by atoms with Gasteiger partial charge >= 0.3 is 0 Å². The first-order valence-electron chi connectivity index (χ1n) is 5.22. The molecule has 4 heteroatoms. The van der Waals surface area contributed by atoms with E-state index in [-0.39, 0.29) is 0 Å². The zero-order valence-corrected chi connectivity index (χ0v) is 10.2. The maximum Gasteiger partial charge on any atom is 0.223 e. The van der Waals surface area contributed by atoms with Crippen LogP contribution in [0.1, 0.15) is 26.3 Å². The quantitative estimate of drug-likeness (QED) is 0.785. The fraction of sp³-hybridized carbons (Fsp3) is 0.500. The first-order chi connectivity index (χ1) is 7.54. The third-order valence-electron chi connectivity index (χ3n) is 2.20. The molecule has 1 N–H and O–H groups in total. The first-order valence-corrected chi connectivity index (χ1v) is 5.22. The van der Waals surface area contributed by atoms with Gasteiger partial charge in [0.15, 0.2) is 5.60 Å². The molecule has 0 aliphatic carbocycles. The molecule has 0 unspecified atom stereocenters. The Labute approximate surface area is 96.5 Å². The Morgan fingerprint density at radius 2 is 2.19 bits per heavy atom. The van der Waals surface area contributed by atoms with Crippen molar-refractivity contribution in [3.8, 4) is 18.2 Å². The van der Waals surface area contributed by atoms with E-state index in [2.05, 4.69) is 21.2 Å². The standard InChI is InChI=1S/C12H17N3O/c1-6-9-10(13-5)14-8-15-11(9)16-12(3,4)7-2/h2,8H,6H2,1,3-5H3,(H,13,14,15). The van der Waals surface area contributed by atoms with Crippen molar-refractivity contribution in [3.63, 3.8) is 0 Å². The van der Waals surface area contributed by atoms with Gasteiger partial charge in [-0.15, -0.1) is 6.42 Å². The molecule has 0 saturated heterocycles. The van der Waals surface area contributed by atoms with Gasteiger partial charge in [0.2, 0.25) is 5.88 Å². The van der Waals surface area contributed by atoms with Crippen LogP contribution in [0.2, 0.25) is 0 Å². The number of hydrogen-bond acceptors (Lipinski definition) is 4. The van der Waals surface area contributed by atoms with Crippen LogP contribution in [-0.4, -0.2) is 22.6 Å². The molecule has 86 valence electrons. The molecule has 0 aliphatic heterocycles. The highest BCUT2D eigenvalue weighted by Crippen LogP contribution is 2.25. The Hall–Kier alpha value is -1.76. The monoisotopic (exact) mass is 219 g/mol. The third kappa shape index (κ3) is 2.63. The first kappa shape index (κ1) is 12.3. The van der Waals surface area contributed by atoms with Gasteiger partial charge in [-0.1, -0.05) is 12.8 Å². The minimum Gasteiger partial charge on any atom is -0.458 e. The van der Waals surface area contributed by atoms with Crippen LogP contribution in [0.4, 0.5) is 5.82 Å². The number of nitrogens with zero attached hydrogens (tertiary/aromatic N) is 2. The van der Waals surface area contributed by atoms with E-state index in [1.807, 2.05) is 27.8 Å². The fourth-order valence-corrected chi connectivity index (χ4v) is 1.29. The summed E-state index contributed by atoms with van der Waals surface area (Å²) in [5.41, 5.74) is 0.275. The molecule has 1 aromatic rings. The summed E-state index contributed by atoms with van der Waals surface area (Å²) in [7, 11) is 1.82. The number of anilines is 1. The number of aromatic nitrogens is 2. The van der Waals surface area contributed by atoms with Crippen molar-refractivity contribution in [1.29, 1.82) is 0 Å². The summed E-state index contributed by atoms with van der Waals surface area (Å²) in [4.78, 5) is 8.25. The van der Waals surface area contributed by atoms with Crippen LogP contribution in [0.15, 0.2) is 6.33 Å². The molecule has 0 spiro atoms. The molecule has 0 saturated carbocycles. The molecular formula is C12H17N3O. The second-order valence-electron chi connectivity index (χ2n) is 3.87. The van der Waals surface area contributed by atoms with Gasteiger partial charge in [-0.25, -0.2) is 9.97 Å². The molecule has 0 bridgehead atoms. The van der Waals surface area contributed by atoms with Gasteiger partial charge in [-0.3, -0.25) is 0 Å². The van der Waals surface area contributed by atoms with Crippen molar-refractivity contribution in [1.82, 2.24) is 9.97 Å². The summed E-state index contributed by atoms with van der Waals surface area (Å²) in [5, 5.41) is 3.01. The molecule has 0 radical (unpaired) electrons. The number of terminal acetylenes is 1. The van der Waals surface area contributed by atoms with E-state index >= 15 is 0 Å². The van der Waals surface area contributed by atoms with E-state index in [4.69, 9.17) is 11.2 Å². The third-order valence-corrected chi connectivity index (χ3v) is 2.20. The van der Waals surface area contributed by atoms with Gasteiger partial charge in [0.1, 0.15) is 12.1 Å². The van der Waals surface area contributed by atoms with Crippen LogP contribution in [0, 0.1) is 12.3 Å². The zero-order valence-electron chi connectivity index (χ0n) is 10.2. The highest BCUT2D eigenvalue weighted by atomic mass is 16.5. The van der Waals surface area contributed by atoms with Gasteiger partial charge in [-0.05, 0) is 20.3 Å². The van der Waals surface area contributed by atoms with Crippen molar-refractivity contribution in [2.24, 2.45) is 0 Å². The molecule has 0 fully saturated rings. The largest absolute Gasteiger partial charge is 0.458 e. The normalized spacial score (nSPS) is 10.7. The van der Waals surface area contributed by atoms with E-state index in [0.717, 1.165) is 17.8 Å². The summed E-state index contributed by atoms with van der Waals surface area (Å²) in [6, 6.07) is 0. The van der Waals surface area contributed by atoms with Gasteiger partial charge in [0, 0.05) is 7.05 Å². The molecule has 1 rings (SSSR count). The lowest BCUT2D eigenvalue weighted by atomic mass is 10.1. The topological polar surface area (TPSA) is 47.0 Å². The summed E-state index contributed by atoms with van der Waals surface area (Å²) >= 11 is 0. The molecule has 0 aromatic carbocycles. The van der Waals surface area contributed by atoms with Gasteiger partial charge < -0.3 is 10.1 Å². The van der Waals surface area contributed by atoms with Crippen molar-refractivity contribution in [2.45, 2.75) is 32.8 Å². The van der Waals surface area contributed by atoms with E-state index in [1.54, 1.807) is 0 Å². The summed E-state index contributed by atoms with van der Waals surface area (Å²) in [6.45, 7) is 5.68. The summed E-state index contributed by atoms with van der Waals surface area (Å²) < 4.78 is 5.69. The van der Waals surface area contributed by atoms with Crippen LogP contribution in [0.5, 0.6) is 5.88 Å². The Morgan fingerprint density at radius 3 is 2.69 bits per heavy atom. The lowest BCUT2D eigenvalue weighted by Crippen LogP contribution is -2.27. The molecule has 1 aromatic heterocycles. The molecule has 0 amide bonds. The number of ether oxygens (including phenoxy) is 1. The predicted octanol–water partition coefficient (Wildman–Crippen LogP) is 1.87. The van der Waals surface area contributed by atoms with E-state index in [0.29, 0.717) is 5.88 Å². The molecule has 16 heavy (non-hydrogen) atoms. The van der Waals surface area contributed by atoms with Crippen LogP contribution in [-0.2, 0) is 6.42 Å². The van der Waals surface area contributed by atoms with Crippen LogP contribution in [0.3, 0.4) is 0 Å². The smallest absolute Gasteiger partial charge is 0.223 e. The van der Waals surface area contributed by atoms with Gasteiger partial charge in [0.05, 0.1) is 5.56 Å². The maximum absolute atomic E-state index is 5.69. The van der Waals surface area contributed by atoms with E-state index < -0.39 is 5.60 Å². The molecule has 0 atom stereocenters. The molecule has 4 nitrogen and oxygen atoms in total. The Kier molecular flexibility index (Phi) is 3.73. The summed E-state index contributed by atoms with van der Waals surface area (Å²) in [5.74, 6) is 3.90. The molecule has 1 heterocycles. The van der Waals surface area contributed by atoms with Crippen molar-refractivity contribution < 1.29 is 4.74 Å². The minimum atomic E-state index is -0.663. The van der Waals surface area contributed by atoms with Crippen molar-refractivity contribution in [2.75, 3.05) is 12.4 Å². The molecular weight excluding hydrogens is 202 g/mol. The van der Waals surface area contributed by atoms with Crippen molar-refractivity contribution in [3.05, 3.63) is 11.9 Å².